The van der Waals surface area contributed by atoms with E-state index in [2.05, 4.69) is 4.98 Å². The second-order valence-corrected chi connectivity index (χ2v) is 4.09. The number of aliphatic carboxylic acids is 1. The summed E-state index contributed by atoms with van der Waals surface area (Å²) in [6.07, 6.45) is 1.21. The highest BCUT2D eigenvalue weighted by molar-refractivity contribution is 5.96. The van der Waals surface area contributed by atoms with E-state index in [1.54, 1.807) is 0 Å². The van der Waals surface area contributed by atoms with Crippen molar-refractivity contribution < 1.29 is 24.2 Å². The van der Waals surface area contributed by atoms with Crippen molar-refractivity contribution in [1.29, 1.82) is 0 Å². The number of rotatable bonds is 2. The largest absolute Gasteiger partial charge is 0.480 e. The van der Waals surface area contributed by atoms with Crippen molar-refractivity contribution >= 4 is 11.9 Å². The van der Waals surface area contributed by atoms with Crippen molar-refractivity contribution in [2.24, 2.45) is 0 Å². The molecule has 0 aliphatic carbocycles. The molecule has 96 valence electrons. The summed E-state index contributed by atoms with van der Waals surface area (Å²) in [5.41, 5.74) is -0.0321. The molecule has 18 heavy (non-hydrogen) atoms. The number of aliphatic hydroxyl groups is 1. The Bertz CT molecular complexity index is 494. The average Bonchev–Trinajstić information content (AvgIpc) is 2.70. The molecule has 1 aliphatic rings. The minimum Gasteiger partial charge on any atom is -0.480 e. The van der Waals surface area contributed by atoms with Crippen LogP contribution in [0.25, 0.3) is 0 Å². The van der Waals surface area contributed by atoms with Crippen molar-refractivity contribution in [1.82, 2.24) is 9.88 Å². The fraction of sp³-hybridized carbons (Fsp3) is 0.364. The normalized spacial score (nSPS) is 23.1. The predicted octanol–water partition coefficient (Wildman–Crippen LogP) is -0.119. The van der Waals surface area contributed by atoms with E-state index in [0.717, 1.165) is 23.4 Å². The molecule has 1 aromatic heterocycles. The number of hydrogen-bond acceptors (Lipinski definition) is 4. The Morgan fingerprint density at radius 2 is 2.17 bits per heavy atom. The second kappa shape index (κ2) is 4.69. The van der Waals surface area contributed by atoms with Crippen LogP contribution in [0.3, 0.4) is 0 Å². The van der Waals surface area contributed by atoms with Crippen molar-refractivity contribution in [2.75, 3.05) is 6.54 Å². The number of nitrogens with zero attached hydrogens (tertiary/aromatic N) is 2. The Kier molecular flexibility index (Phi) is 3.24. The summed E-state index contributed by atoms with van der Waals surface area (Å²) < 4.78 is 12.9. The summed E-state index contributed by atoms with van der Waals surface area (Å²) in [5, 5.41) is 18.4. The van der Waals surface area contributed by atoms with Crippen molar-refractivity contribution in [3.05, 3.63) is 29.8 Å². The summed E-state index contributed by atoms with van der Waals surface area (Å²) in [6, 6.07) is -0.102. The van der Waals surface area contributed by atoms with Crippen LogP contribution in [0, 0.1) is 5.82 Å². The zero-order valence-corrected chi connectivity index (χ0v) is 9.28. The van der Waals surface area contributed by atoms with Gasteiger partial charge < -0.3 is 15.1 Å². The van der Waals surface area contributed by atoms with Gasteiger partial charge in [-0.2, -0.15) is 0 Å². The van der Waals surface area contributed by atoms with Gasteiger partial charge in [-0.15, -0.1) is 0 Å². The first-order valence-corrected chi connectivity index (χ1v) is 5.31. The predicted molar refractivity (Wildman–Crippen MR) is 57.3 cm³/mol. The van der Waals surface area contributed by atoms with Crippen LogP contribution in [0.1, 0.15) is 16.8 Å². The second-order valence-electron chi connectivity index (χ2n) is 4.09. The van der Waals surface area contributed by atoms with Crippen LogP contribution in [0.5, 0.6) is 0 Å². The molecule has 1 aromatic rings. The lowest BCUT2D eigenvalue weighted by Crippen LogP contribution is -2.40. The molecule has 1 fully saturated rings. The summed E-state index contributed by atoms with van der Waals surface area (Å²) in [4.78, 5) is 27.5. The summed E-state index contributed by atoms with van der Waals surface area (Å²) in [5.74, 6) is -2.51. The highest BCUT2D eigenvalue weighted by Crippen LogP contribution is 2.20. The number of carboxylic acid groups (broad SMARTS) is 1. The Morgan fingerprint density at radius 3 is 2.78 bits per heavy atom. The van der Waals surface area contributed by atoms with Crippen LogP contribution in [0.4, 0.5) is 4.39 Å². The topological polar surface area (TPSA) is 90.7 Å². The van der Waals surface area contributed by atoms with E-state index in [9.17, 15) is 19.1 Å². The van der Waals surface area contributed by atoms with Gasteiger partial charge in [0.2, 0.25) is 0 Å². The molecule has 2 heterocycles. The summed E-state index contributed by atoms with van der Waals surface area (Å²) in [6.45, 7) is -0.0771. The number of β-amino-alcohol motifs (C(OH)–C–C–N with tert-alkyl or cyclic N) is 1. The Morgan fingerprint density at radius 1 is 1.44 bits per heavy atom. The van der Waals surface area contributed by atoms with Crippen molar-refractivity contribution in [3.8, 4) is 0 Å². The zero-order valence-electron chi connectivity index (χ0n) is 9.28. The van der Waals surface area contributed by atoms with Gasteiger partial charge in [0.05, 0.1) is 17.9 Å². The number of carbonyl (C=O) groups is 2. The van der Waals surface area contributed by atoms with E-state index in [1.165, 1.54) is 0 Å². The molecule has 6 nitrogen and oxygen atoms in total. The maximum Gasteiger partial charge on any atom is 0.326 e. The van der Waals surface area contributed by atoms with Crippen molar-refractivity contribution in [2.45, 2.75) is 18.6 Å². The Labute approximate surface area is 102 Å². The quantitative estimate of drug-likeness (QED) is 0.767. The lowest BCUT2D eigenvalue weighted by molar-refractivity contribution is -0.141. The van der Waals surface area contributed by atoms with Gasteiger partial charge >= 0.3 is 5.97 Å². The van der Waals surface area contributed by atoms with Crippen molar-refractivity contribution in [3.63, 3.8) is 0 Å². The number of amides is 1. The van der Waals surface area contributed by atoms with Gasteiger partial charge in [0.1, 0.15) is 11.9 Å². The van der Waals surface area contributed by atoms with Gasteiger partial charge in [-0.3, -0.25) is 9.78 Å². The molecular weight excluding hydrogens is 243 g/mol. The van der Waals surface area contributed by atoms with Gasteiger partial charge in [0.25, 0.3) is 5.91 Å². The number of likely N-dealkylation sites (tertiary alicyclic amines) is 1. The molecule has 0 aromatic carbocycles. The fourth-order valence-corrected chi connectivity index (χ4v) is 1.97. The molecule has 0 bridgehead atoms. The van der Waals surface area contributed by atoms with Gasteiger partial charge in [0.15, 0.2) is 0 Å². The molecule has 2 N–H and O–H groups in total. The lowest BCUT2D eigenvalue weighted by atomic mass is 10.2. The minimum absolute atomic E-state index is 0.0240. The molecule has 0 radical (unpaired) electrons. The van der Waals surface area contributed by atoms with E-state index in [0.29, 0.717) is 0 Å². The van der Waals surface area contributed by atoms with Crippen LogP contribution in [-0.4, -0.2) is 50.7 Å². The molecule has 0 saturated carbocycles. The van der Waals surface area contributed by atoms with E-state index in [-0.39, 0.29) is 18.5 Å². The molecule has 0 unspecified atom stereocenters. The molecular formula is C11H11FN2O4. The smallest absolute Gasteiger partial charge is 0.326 e. The third-order valence-electron chi connectivity index (χ3n) is 2.78. The molecule has 0 spiro atoms. The highest BCUT2D eigenvalue weighted by atomic mass is 19.1. The standard InChI is InChI=1S/C11H11FN2O4/c12-7-1-6(3-13-4-7)10(16)14-5-8(15)2-9(14)11(17)18/h1,3-4,8-9,15H,2,5H2,(H,17,18)/t8-,9+/m1/s1. The Balaban J connectivity index is 2.25. The maximum absolute atomic E-state index is 12.9. The molecule has 1 aliphatic heterocycles. The first-order chi connectivity index (χ1) is 8.49. The highest BCUT2D eigenvalue weighted by Gasteiger charge is 2.39. The molecule has 1 amide bonds. The minimum atomic E-state index is -1.19. The number of halogens is 1. The lowest BCUT2D eigenvalue weighted by Gasteiger charge is -2.20. The number of aromatic nitrogens is 1. The summed E-state index contributed by atoms with van der Waals surface area (Å²) in [7, 11) is 0. The first kappa shape index (κ1) is 12.4. The zero-order chi connectivity index (χ0) is 13.3. The van der Waals surface area contributed by atoms with Crippen LogP contribution < -0.4 is 0 Å². The maximum atomic E-state index is 12.9. The van der Waals surface area contributed by atoms with Gasteiger partial charge in [0, 0.05) is 19.2 Å². The number of pyridine rings is 1. The summed E-state index contributed by atoms with van der Waals surface area (Å²) >= 11 is 0. The SMILES string of the molecule is O=C(O)[C@@H]1C[C@@H](O)CN1C(=O)c1cncc(F)c1. The number of hydrogen-bond donors (Lipinski definition) is 2. The number of aliphatic hydroxyl groups excluding tert-OH is 1. The van der Waals surface area contributed by atoms with E-state index in [4.69, 9.17) is 5.11 Å². The van der Waals surface area contributed by atoms with Crippen LogP contribution in [0.2, 0.25) is 0 Å². The molecule has 2 rings (SSSR count). The van der Waals surface area contributed by atoms with E-state index in [1.807, 2.05) is 0 Å². The number of carboxylic acids is 1. The molecule has 7 heteroatoms. The third kappa shape index (κ3) is 2.30. The van der Waals surface area contributed by atoms with Crippen LogP contribution in [-0.2, 0) is 4.79 Å². The van der Waals surface area contributed by atoms with Gasteiger partial charge in [-0.25, -0.2) is 9.18 Å². The Hall–Kier alpha value is -2.02. The molecule has 2 atom stereocenters. The average molecular weight is 254 g/mol. The van der Waals surface area contributed by atoms with Crippen LogP contribution >= 0.6 is 0 Å². The monoisotopic (exact) mass is 254 g/mol. The number of carbonyl (C=O) groups excluding carboxylic acids is 1. The van der Waals surface area contributed by atoms with Crippen LogP contribution in [0.15, 0.2) is 18.5 Å². The molecule has 1 saturated heterocycles. The van der Waals surface area contributed by atoms with Gasteiger partial charge in [-0.1, -0.05) is 0 Å². The van der Waals surface area contributed by atoms with E-state index >= 15 is 0 Å². The third-order valence-corrected chi connectivity index (χ3v) is 2.78. The van der Waals surface area contributed by atoms with Gasteiger partial charge in [-0.05, 0) is 6.07 Å². The fourth-order valence-electron chi connectivity index (χ4n) is 1.97. The first-order valence-electron chi connectivity index (χ1n) is 5.31. The van der Waals surface area contributed by atoms with E-state index < -0.39 is 29.8 Å².